The largest absolute Gasteiger partial charge is 0.313 e. The molecule has 0 saturated carbocycles. The summed E-state index contributed by atoms with van der Waals surface area (Å²) in [4.78, 5) is 2.26. The van der Waals surface area contributed by atoms with Crippen molar-refractivity contribution in [2.45, 2.75) is 46.2 Å². The fourth-order valence-corrected chi connectivity index (χ4v) is 2.17. The van der Waals surface area contributed by atoms with E-state index < -0.39 is 0 Å². The highest BCUT2D eigenvalue weighted by Gasteiger charge is 2.04. The van der Waals surface area contributed by atoms with Crippen LogP contribution in [0.3, 0.4) is 0 Å². The Morgan fingerprint density at radius 3 is 2.35 bits per heavy atom. The monoisotopic (exact) mass is 280 g/mol. The van der Waals surface area contributed by atoms with Crippen molar-refractivity contribution in [3.63, 3.8) is 0 Å². The van der Waals surface area contributed by atoms with Gasteiger partial charge in [0.1, 0.15) is 5.82 Å². The third-order valence-electron chi connectivity index (χ3n) is 3.53. The molecule has 1 rings (SSSR count). The van der Waals surface area contributed by atoms with E-state index >= 15 is 0 Å². The standard InChI is InChI=1S/C17H29FN2/c1-14(2)5-6-15(3)19-11-12-20(4)13-16-7-9-17(18)10-8-16/h7-10,14-15,19H,5-6,11-13H2,1-4H3. The van der Waals surface area contributed by atoms with Gasteiger partial charge in [0, 0.05) is 25.7 Å². The molecule has 0 spiro atoms. The van der Waals surface area contributed by atoms with Crippen LogP contribution < -0.4 is 5.32 Å². The zero-order valence-corrected chi connectivity index (χ0v) is 13.3. The molecule has 0 fully saturated rings. The van der Waals surface area contributed by atoms with E-state index in [0.29, 0.717) is 6.04 Å². The molecule has 0 aliphatic carbocycles. The van der Waals surface area contributed by atoms with Crippen LogP contribution in [0.4, 0.5) is 4.39 Å². The number of rotatable bonds is 9. The quantitative estimate of drug-likeness (QED) is 0.742. The molecule has 0 aliphatic rings. The van der Waals surface area contributed by atoms with E-state index in [1.54, 1.807) is 0 Å². The number of hydrogen-bond acceptors (Lipinski definition) is 2. The molecule has 0 amide bonds. The van der Waals surface area contributed by atoms with Crippen molar-refractivity contribution in [1.82, 2.24) is 10.2 Å². The maximum absolute atomic E-state index is 12.8. The van der Waals surface area contributed by atoms with E-state index in [4.69, 9.17) is 0 Å². The van der Waals surface area contributed by atoms with Crippen LogP contribution in [0.15, 0.2) is 24.3 Å². The Hall–Kier alpha value is -0.930. The van der Waals surface area contributed by atoms with Gasteiger partial charge in [-0.3, -0.25) is 0 Å². The van der Waals surface area contributed by atoms with Crippen molar-refractivity contribution in [3.05, 3.63) is 35.6 Å². The number of nitrogens with zero attached hydrogens (tertiary/aromatic N) is 1. The van der Waals surface area contributed by atoms with Gasteiger partial charge in [-0.1, -0.05) is 26.0 Å². The van der Waals surface area contributed by atoms with Crippen molar-refractivity contribution in [2.24, 2.45) is 5.92 Å². The Balaban J connectivity index is 2.16. The first-order valence-corrected chi connectivity index (χ1v) is 7.63. The summed E-state index contributed by atoms with van der Waals surface area (Å²) < 4.78 is 12.8. The van der Waals surface area contributed by atoms with Crippen LogP contribution in [0.25, 0.3) is 0 Å². The topological polar surface area (TPSA) is 15.3 Å². The third-order valence-corrected chi connectivity index (χ3v) is 3.53. The van der Waals surface area contributed by atoms with Crippen molar-refractivity contribution in [2.75, 3.05) is 20.1 Å². The lowest BCUT2D eigenvalue weighted by Crippen LogP contribution is -2.34. The van der Waals surface area contributed by atoms with Crippen LogP contribution in [0.1, 0.15) is 39.2 Å². The predicted octanol–water partition coefficient (Wildman–Crippen LogP) is 3.67. The maximum Gasteiger partial charge on any atom is 0.123 e. The van der Waals surface area contributed by atoms with E-state index in [1.165, 1.54) is 25.0 Å². The molecular formula is C17H29FN2. The molecule has 0 radical (unpaired) electrons. The minimum absolute atomic E-state index is 0.169. The number of nitrogens with one attached hydrogen (secondary N) is 1. The van der Waals surface area contributed by atoms with Gasteiger partial charge in [0.05, 0.1) is 0 Å². The molecular weight excluding hydrogens is 251 g/mol. The molecule has 0 bridgehead atoms. The highest BCUT2D eigenvalue weighted by atomic mass is 19.1. The van der Waals surface area contributed by atoms with E-state index in [2.05, 4.69) is 38.0 Å². The number of hydrogen-bond donors (Lipinski definition) is 1. The molecule has 20 heavy (non-hydrogen) atoms. The lowest BCUT2D eigenvalue weighted by atomic mass is 10.0. The van der Waals surface area contributed by atoms with Crippen molar-refractivity contribution < 1.29 is 4.39 Å². The molecule has 2 nitrogen and oxygen atoms in total. The lowest BCUT2D eigenvalue weighted by Gasteiger charge is -2.20. The maximum atomic E-state index is 12.8. The highest BCUT2D eigenvalue weighted by Crippen LogP contribution is 2.07. The zero-order chi connectivity index (χ0) is 15.0. The van der Waals surface area contributed by atoms with Crippen LogP contribution >= 0.6 is 0 Å². The molecule has 3 heteroatoms. The molecule has 1 unspecified atom stereocenters. The zero-order valence-electron chi connectivity index (χ0n) is 13.3. The third kappa shape index (κ3) is 7.61. The van der Waals surface area contributed by atoms with Crippen molar-refractivity contribution in [1.29, 1.82) is 0 Å². The Morgan fingerprint density at radius 1 is 1.10 bits per heavy atom. The summed E-state index contributed by atoms with van der Waals surface area (Å²) in [6.07, 6.45) is 2.51. The van der Waals surface area contributed by atoms with Gasteiger partial charge in [0.25, 0.3) is 0 Å². The van der Waals surface area contributed by atoms with Crippen LogP contribution in [0.5, 0.6) is 0 Å². The summed E-state index contributed by atoms with van der Waals surface area (Å²) in [5.74, 6) is 0.609. The summed E-state index contributed by atoms with van der Waals surface area (Å²) in [7, 11) is 2.10. The van der Waals surface area contributed by atoms with Crippen LogP contribution in [-0.4, -0.2) is 31.1 Å². The second kappa shape index (κ2) is 9.09. The smallest absolute Gasteiger partial charge is 0.123 e. The summed E-state index contributed by atoms with van der Waals surface area (Å²) in [6.45, 7) is 9.65. The van der Waals surface area contributed by atoms with Gasteiger partial charge in [0.15, 0.2) is 0 Å². The Bertz CT molecular complexity index is 362. The molecule has 1 N–H and O–H groups in total. The molecule has 0 aromatic heterocycles. The molecule has 0 heterocycles. The van der Waals surface area contributed by atoms with Gasteiger partial charge < -0.3 is 10.2 Å². The summed E-state index contributed by atoms with van der Waals surface area (Å²) in [6, 6.07) is 7.33. The SMILES string of the molecule is CC(C)CCC(C)NCCN(C)Cc1ccc(F)cc1. The van der Waals surface area contributed by atoms with Gasteiger partial charge in [-0.25, -0.2) is 4.39 Å². The van der Waals surface area contributed by atoms with Crippen LogP contribution in [-0.2, 0) is 6.54 Å². The average Bonchev–Trinajstić information content (AvgIpc) is 2.39. The molecule has 0 aliphatic heterocycles. The lowest BCUT2D eigenvalue weighted by molar-refractivity contribution is 0.314. The number of benzene rings is 1. The average molecular weight is 280 g/mol. The fraction of sp³-hybridized carbons (Fsp3) is 0.647. The van der Waals surface area contributed by atoms with Gasteiger partial charge in [-0.2, -0.15) is 0 Å². The number of halogens is 1. The minimum atomic E-state index is -0.169. The normalized spacial score (nSPS) is 13.2. The fourth-order valence-electron chi connectivity index (χ4n) is 2.17. The van der Waals surface area contributed by atoms with Crippen molar-refractivity contribution in [3.8, 4) is 0 Å². The summed E-state index contributed by atoms with van der Waals surface area (Å²) >= 11 is 0. The Kier molecular flexibility index (Phi) is 7.78. The van der Waals surface area contributed by atoms with E-state index in [0.717, 1.165) is 31.1 Å². The van der Waals surface area contributed by atoms with E-state index in [9.17, 15) is 4.39 Å². The summed E-state index contributed by atoms with van der Waals surface area (Å²) in [5, 5.41) is 3.56. The Labute approximate surface area is 123 Å². The highest BCUT2D eigenvalue weighted by molar-refractivity contribution is 5.15. The molecule has 114 valence electrons. The van der Waals surface area contributed by atoms with Crippen LogP contribution in [0, 0.1) is 11.7 Å². The Morgan fingerprint density at radius 2 is 1.75 bits per heavy atom. The number of likely N-dealkylation sites (N-methyl/N-ethyl adjacent to an activating group) is 1. The molecule has 1 atom stereocenters. The second-order valence-corrected chi connectivity index (χ2v) is 6.19. The first-order chi connectivity index (χ1) is 9.47. The van der Waals surface area contributed by atoms with Gasteiger partial charge in [-0.15, -0.1) is 0 Å². The predicted molar refractivity (Wildman–Crippen MR) is 84.3 cm³/mol. The molecule has 0 saturated heterocycles. The molecule has 1 aromatic rings. The minimum Gasteiger partial charge on any atom is -0.313 e. The molecule has 1 aromatic carbocycles. The summed E-state index contributed by atoms with van der Waals surface area (Å²) in [5.41, 5.74) is 1.15. The van der Waals surface area contributed by atoms with Gasteiger partial charge >= 0.3 is 0 Å². The van der Waals surface area contributed by atoms with E-state index in [-0.39, 0.29) is 5.82 Å². The first-order valence-electron chi connectivity index (χ1n) is 7.63. The van der Waals surface area contributed by atoms with Crippen molar-refractivity contribution >= 4 is 0 Å². The first kappa shape index (κ1) is 17.1. The van der Waals surface area contributed by atoms with Crippen LogP contribution in [0.2, 0.25) is 0 Å². The van der Waals surface area contributed by atoms with Gasteiger partial charge in [0.2, 0.25) is 0 Å². The van der Waals surface area contributed by atoms with E-state index in [1.807, 2.05) is 12.1 Å². The second-order valence-electron chi connectivity index (χ2n) is 6.19. The van der Waals surface area contributed by atoms with Gasteiger partial charge in [-0.05, 0) is 50.4 Å².